The highest BCUT2D eigenvalue weighted by Crippen LogP contribution is 2.43. The number of halogens is 1. The van der Waals surface area contributed by atoms with E-state index < -0.39 is 29.5 Å². The van der Waals surface area contributed by atoms with E-state index in [1.165, 1.54) is 31.2 Å². The van der Waals surface area contributed by atoms with Crippen LogP contribution in [0.1, 0.15) is 64.2 Å². The number of rotatable bonds is 5. The van der Waals surface area contributed by atoms with Gasteiger partial charge in [0.1, 0.15) is 23.3 Å². The molecule has 0 saturated heterocycles. The van der Waals surface area contributed by atoms with Crippen molar-refractivity contribution >= 4 is 23.8 Å². The number of ketones is 1. The molecule has 3 aromatic carbocycles. The fourth-order valence-electron chi connectivity index (χ4n) is 3.98. The fraction of sp³-hybridized carbons (Fsp3) is 0.214. The Kier molecular flexibility index (Phi) is 6.35. The van der Waals surface area contributed by atoms with Gasteiger partial charge in [0.05, 0.1) is 6.04 Å². The monoisotopic (exact) mass is 459 g/mol. The molecule has 1 amide bonds. The normalized spacial score (nSPS) is 18.7. The molecular formula is C28H26FNO4. The van der Waals surface area contributed by atoms with Crippen LogP contribution in [0.15, 0.2) is 66.7 Å². The molecule has 1 aliphatic heterocycles. The molecule has 0 aromatic heterocycles. The Hall–Kier alpha value is -3.77. The summed E-state index contributed by atoms with van der Waals surface area (Å²) in [6, 6.07) is 17.4. The van der Waals surface area contributed by atoms with E-state index in [0.29, 0.717) is 22.4 Å². The smallest absolute Gasteiger partial charge is 0.251 e. The number of nitrogens with one attached hydrogen (secondary N) is 1. The van der Waals surface area contributed by atoms with Crippen LogP contribution < -0.4 is 10.1 Å². The van der Waals surface area contributed by atoms with Gasteiger partial charge in [0, 0.05) is 22.3 Å². The lowest BCUT2D eigenvalue weighted by molar-refractivity contribution is -0.0629. The summed E-state index contributed by atoms with van der Waals surface area (Å²) in [5, 5.41) is 14.0. The molecule has 1 heterocycles. The van der Waals surface area contributed by atoms with Gasteiger partial charge in [0.25, 0.3) is 5.91 Å². The number of carbonyl (C=O) groups is 2. The maximum atomic E-state index is 13.3. The number of benzene rings is 3. The lowest BCUT2D eigenvalue weighted by atomic mass is 9.84. The zero-order chi connectivity index (χ0) is 24.5. The summed E-state index contributed by atoms with van der Waals surface area (Å²) in [5.74, 6) is -0.589. The van der Waals surface area contributed by atoms with Gasteiger partial charge in [0.2, 0.25) is 0 Å². The quantitative estimate of drug-likeness (QED) is 0.406. The molecule has 0 spiro atoms. The molecular weight excluding hydrogens is 433 g/mol. The summed E-state index contributed by atoms with van der Waals surface area (Å²) in [5.41, 5.74) is 1.80. The van der Waals surface area contributed by atoms with Crippen molar-refractivity contribution < 1.29 is 23.8 Å². The first-order chi connectivity index (χ1) is 16.2. The van der Waals surface area contributed by atoms with Crippen molar-refractivity contribution in [2.24, 2.45) is 0 Å². The Balaban J connectivity index is 1.80. The van der Waals surface area contributed by atoms with E-state index in [1.807, 2.05) is 42.5 Å². The molecule has 0 radical (unpaired) electrons. The zero-order valence-electron chi connectivity index (χ0n) is 19.2. The van der Waals surface area contributed by atoms with Gasteiger partial charge in [-0.1, -0.05) is 42.5 Å². The van der Waals surface area contributed by atoms with E-state index in [9.17, 15) is 19.1 Å². The lowest BCUT2D eigenvalue weighted by Gasteiger charge is -2.43. The Morgan fingerprint density at radius 1 is 1.00 bits per heavy atom. The van der Waals surface area contributed by atoms with Crippen LogP contribution in [0.2, 0.25) is 0 Å². The summed E-state index contributed by atoms with van der Waals surface area (Å²) in [4.78, 5) is 25.2. The second-order valence-corrected chi connectivity index (χ2v) is 8.89. The number of aliphatic hydroxyl groups excluding tert-OH is 1. The number of hydrogen-bond acceptors (Lipinski definition) is 4. The van der Waals surface area contributed by atoms with Crippen LogP contribution in [0.5, 0.6) is 5.75 Å². The van der Waals surface area contributed by atoms with Gasteiger partial charge in [-0.25, -0.2) is 4.39 Å². The van der Waals surface area contributed by atoms with E-state index >= 15 is 0 Å². The van der Waals surface area contributed by atoms with Gasteiger partial charge < -0.3 is 15.2 Å². The minimum absolute atomic E-state index is 0.153. The molecule has 6 heteroatoms. The number of ether oxygens (including phenoxy) is 1. The highest BCUT2D eigenvalue weighted by Gasteiger charge is 2.44. The second-order valence-electron chi connectivity index (χ2n) is 8.89. The maximum Gasteiger partial charge on any atom is 0.251 e. The van der Waals surface area contributed by atoms with Crippen LogP contribution >= 0.6 is 0 Å². The average Bonchev–Trinajstić information content (AvgIpc) is 2.81. The summed E-state index contributed by atoms with van der Waals surface area (Å²) in [6.07, 6.45) is 2.66. The largest absolute Gasteiger partial charge is 0.484 e. The van der Waals surface area contributed by atoms with Crippen LogP contribution in [0.25, 0.3) is 12.2 Å². The molecule has 2 atom stereocenters. The van der Waals surface area contributed by atoms with Crippen LogP contribution in [-0.4, -0.2) is 28.5 Å². The van der Waals surface area contributed by atoms with Crippen molar-refractivity contribution in [1.29, 1.82) is 0 Å². The number of carbonyl (C=O) groups excluding carboxylic acids is 2. The van der Waals surface area contributed by atoms with Gasteiger partial charge in [-0.05, 0) is 62.7 Å². The van der Waals surface area contributed by atoms with Crippen LogP contribution in [0.4, 0.5) is 4.39 Å². The van der Waals surface area contributed by atoms with Crippen LogP contribution in [0, 0.1) is 5.82 Å². The summed E-state index contributed by atoms with van der Waals surface area (Å²) >= 11 is 0. The summed E-state index contributed by atoms with van der Waals surface area (Å²) < 4.78 is 19.5. The Labute approximate surface area is 197 Å². The first-order valence-electron chi connectivity index (χ1n) is 11.0. The SMILES string of the molecule is CC(=O)c1cc(C=Cc2ccccc2)c2c(c1)[C@@H](NC(=O)c1ccc(F)cc1)[C@H](O)C(C)(C)O2. The van der Waals surface area contributed by atoms with Crippen molar-refractivity contribution in [2.75, 3.05) is 0 Å². The number of fused-ring (bicyclic) bond motifs is 1. The number of Topliss-reactive ketones (excluding diaryl/α,β-unsaturated/α-hetero) is 1. The van der Waals surface area contributed by atoms with E-state index in [-0.39, 0.29) is 11.3 Å². The first-order valence-corrected chi connectivity index (χ1v) is 11.0. The molecule has 5 nitrogen and oxygen atoms in total. The third kappa shape index (κ3) is 4.77. The zero-order valence-corrected chi connectivity index (χ0v) is 19.2. The van der Waals surface area contributed by atoms with Gasteiger partial charge in [-0.2, -0.15) is 0 Å². The minimum atomic E-state index is -1.10. The molecule has 0 unspecified atom stereocenters. The van der Waals surface area contributed by atoms with Gasteiger partial charge in [-0.3, -0.25) is 9.59 Å². The third-order valence-electron chi connectivity index (χ3n) is 5.93. The average molecular weight is 460 g/mol. The molecule has 4 rings (SSSR count). The highest BCUT2D eigenvalue weighted by molar-refractivity contribution is 5.97. The maximum absolute atomic E-state index is 13.3. The van der Waals surface area contributed by atoms with E-state index in [2.05, 4.69) is 5.32 Å². The standard InChI is InChI=1S/C28H26FNO4/c1-17(31)21-15-20(10-9-18-7-5-4-6-8-18)25-23(16-21)24(26(32)28(2,3)34-25)30-27(33)19-11-13-22(29)14-12-19/h4-16,24,26,32H,1-3H3,(H,30,33)/t24-,26+/m1/s1. The molecule has 0 bridgehead atoms. The molecule has 3 aromatic rings. The fourth-order valence-corrected chi connectivity index (χ4v) is 3.98. The first kappa shape index (κ1) is 23.4. The van der Waals surface area contributed by atoms with Crippen LogP contribution in [-0.2, 0) is 0 Å². The second kappa shape index (κ2) is 9.23. The molecule has 0 aliphatic carbocycles. The highest BCUT2D eigenvalue weighted by atomic mass is 19.1. The molecule has 0 saturated carbocycles. The number of amides is 1. The predicted molar refractivity (Wildman–Crippen MR) is 129 cm³/mol. The number of hydrogen-bond donors (Lipinski definition) is 2. The van der Waals surface area contributed by atoms with Crippen molar-refractivity contribution in [3.8, 4) is 5.75 Å². The van der Waals surface area contributed by atoms with E-state index in [0.717, 1.165) is 5.56 Å². The van der Waals surface area contributed by atoms with E-state index in [4.69, 9.17) is 4.74 Å². The van der Waals surface area contributed by atoms with Crippen LogP contribution in [0.3, 0.4) is 0 Å². The minimum Gasteiger partial charge on any atom is -0.484 e. The molecule has 0 fully saturated rings. The Bertz CT molecular complexity index is 1250. The number of aliphatic hydroxyl groups is 1. The Morgan fingerprint density at radius 3 is 2.32 bits per heavy atom. The van der Waals surface area contributed by atoms with Crippen molar-refractivity contribution in [3.05, 3.63) is 100 Å². The molecule has 2 N–H and O–H groups in total. The van der Waals surface area contributed by atoms with Crippen molar-refractivity contribution in [1.82, 2.24) is 5.32 Å². The third-order valence-corrected chi connectivity index (χ3v) is 5.93. The van der Waals surface area contributed by atoms with Gasteiger partial charge >= 0.3 is 0 Å². The predicted octanol–water partition coefficient (Wildman–Crippen LogP) is 5.20. The topological polar surface area (TPSA) is 75.6 Å². The molecule has 1 aliphatic rings. The van der Waals surface area contributed by atoms with Gasteiger partial charge in [0.15, 0.2) is 5.78 Å². The van der Waals surface area contributed by atoms with Crippen molar-refractivity contribution in [3.63, 3.8) is 0 Å². The van der Waals surface area contributed by atoms with E-state index in [1.54, 1.807) is 26.0 Å². The van der Waals surface area contributed by atoms with Gasteiger partial charge in [-0.15, -0.1) is 0 Å². The summed E-state index contributed by atoms with van der Waals surface area (Å²) in [6.45, 7) is 4.94. The lowest BCUT2D eigenvalue weighted by Crippen LogP contribution is -2.53. The Morgan fingerprint density at radius 2 is 1.68 bits per heavy atom. The molecule has 34 heavy (non-hydrogen) atoms. The van der Waals surface area contributed by atoms with Crippen molar-refractivity contribution in [2.45, 2.75) is 38.5 Å². The molecule has 174 valence electrons. The summed E-state index contributed by atoms with van der Waals surface area (Å²) in [7, 11) is 0.